The van der Waals surface area contributed by atoms with E-state index in [-0.39, 0.29) is 5.91 Å². The minimum Gasteiger partial charge on any atom is -0.383 e. The topological polar surface area (TPSA) is 62.7 Å². The summed E-state index contributed by atoms with van der Waals surface area (Å²) in [4.78, 5) is 15.5. The maximum absolute atomic E-state index is 11.2. The summed E-state index contributed by atoms with van der Waals surface area (Å²) in [7, 11) is 1.62. The summed E-state index contributed by atoms with van der Waals surface area (Å²) in [5.41, 5.74) is 0. The number of carbonyl (C=O) groups is 1. The van der Waals surface area contributed by atoms with Crippen LogP contribution in [-0.2, 0) is 9.53 Å². The van der Waals surface area contributed by atoms with Crippen molar-refractivity contribution in [3.05, 3.63) is 0 Å². The summed E-state index contributed by atoms with van der Waals surface area (Å²) >= 11 is 0. The lowest BCUT2D eigenvalue weighted by Gasteiger charge is -2.06. The highest BCUT2D eigenvalue weighted by Crippen LogP contribution is 2.00. The van der Waals surface area contributed by atoms with Crippen LogP contribution in [0, 0.1) is 0 Å². The Labute approximate surface area is 90.3 Å². The molecule has 15 heavy (non-hydrogen) atoms. The van der Waals surface area contributed by atoms with Crippen LogP contribution in [0.4, 0.5) is 0 Å². The fourth-order valence-corrected chi connectivity index (χ4v) is 1.39. The molecule has 0 saturated heterocycles. The predicted molar refractivity (Wildman–Crippen MR) is 59.0 cm³/mol. The second-order valence-electron chi connectivity index (χ2n) is 3.45. The van der Waals surface area contributed by atoms with Gasteiger partial charge in [-0.1, -0.05) is 0 Å². The van der Waals surface area contributed by atoms with Gasteiger partial charge in [0.2, 0.25) is 5.91 Å². The average Bonchev–Trinajstić information content (AvgIpc) is 2.71. The largest absolute Gasteiger partial charge is 0.383 e. The molecule has 0 spiro atoms. The first kappa shape index (κ1) is 12.0. The molecule has 5 heteroatoms. The van der Waals surface area contributed by atoms with Crippen molar-refractivity contribution in [1.82, 2.24) is 10.6 Å². The zero-order valence-electron chi connectivity index (χ0n) is 9.21. The Morgan fingerprint density at radius 1 is 1.53 bits per heavy atom. The number of nitrogens with zero attached hydrogens (tertiary/aromatic N) is 1. The molecule has 0 unspecified atom stereocenters. The molecule has 0 aromatic rings. The molecule has 1 heterocycles. The molecule has 0 aliphatic carbocycles. The normalized spacial score (nSPS) is 14.9. The molecule has 0 aromatic carbocycles. The van der Waals surface area contributed by atoms with E-state index in [1.807, 2.05) is 0 Å². The maximum Gasteiger partial charge on any atom is 0.221 e. The summed E-state index contributed by atoms with van der Waals surface area (Å²) in [6, 6.07) is 0. The number of methoxy groups -OCH3 is 1. The van der Waals surface area contributed by atoms with Gasteiger partial charge in [0.25, 0.3) is 0 Å². The summed E-state index contributed by atoms with van der Waals surface area (Å²) in [5, 5.41) is 5.93. The smallest absolute Gasteiger partial charge is 0.221 e. The quantitative estimate of drug-likeness (QED) is 0.607. The molecule has 0 saturated carbocycles. The first-order chi connectivity index (χ1) is 7.33. The molecule has 0 aromatic heterocycles. The zero-order chi connectivity index (χ0) is 10.9. The predicted octanol–water partition coefficient (Wildman–Crippen LogP) is -0.0790. The molecule has 0 atom stereocenters. The first-order valence-corrected chi connectivity index (χ1v) is 5.36. The van der Waals surface area contributed by atoms with Gasteiger partial charge < -0.3 is 15.4 Å². The van der Waals surface area contributed by atoms with E-state index in [0.29, 0.717) is 26.1 Å². The Hall–Kier alpha value is -1.10. The molecule has 1 aliphatic rings. The van der Waals surface area contributed by atoms with E-state index in [1.54, 1.807) is 7.11 Å². The van der Waals surface area contributed by atoms with Crippen molar-refractivity contribution in [3.63, 3.8) is 0 Å². The van der Waals surface area contributed by atoms with Crippen molar-refractivity contribution in [3.8, 4) is 0 Å². The van der Waals surface area contributed by atoms with Gasteiger partial charge in [-0.3, -0.25) is 9.79 Å². The molecule has 0 fully saturated rings. The lowest BCUT2D eigenvalue weighted by atomic mass is 10.3. The SMILES string of the molecule is COCCNC(=O)CCNC1=NCCC1. The van der Waals surface area contributed by atoms with E-state index in [1.165, 1.54) is 0 Å². The van der Waals surface area contributed by atoms with Gasteiger partial charge in [-0.25, -0.2) is 0 Å². The molecular formula is C10H19N3O2. The van der Waals surface area contributed by atoms with Crippen LogP contribution in [-0.4, -0.2) is 45.1 Å². The van der Waals surface area contributed by atoms with Crippen molar-refractivity contribution in [2.75, 3.05) is 33.4 Å². The Morgan fingerprint density at radius 2 is 2.40 bits per heavy atom. The van der Waals surface area contributed by atoms with Gasteiger partial charge in [0, 0.05) is 39.6 Å². The number of hydrogen-bond acceptors (Lipinski definition) is 4. The van der Waals surface area contributed by atoms with E-state index in [2.05, 4.69) is 15.6 Å². The van der Waals surface area contributed by atoms with E-state index < -0.39 is 0 Å². The van der Waals surface area contributed by atoms with Gasteiger partial charge in [0.1, 0.15) is 0 Å². The number of nitrogens with one attached hydrogen (secondary N) is 2. The molecule has 86 valence electrons. The van der Waals surface area contributed by atoms with E-state index in [0.717, 1.165) is 25.2 Å². The second-order valence-corrected chi connectivity index (χ2v) is 3.45. The molecular weight excluding hydrogens is 194 g/mol. The van der Waals surface area contributed by atoms with Gasteiger partial charge in [0.05, 0.1) is 12.4 Å². The Bertz CT molecular complexity index is 229. The maximum atomic E-state index is 11.2. The van der Waals surface area contributed by atoms with Gasteiger partial charge in [-0.05, 0) is 6.42 Å². The highest BCUT2D eigenvalue weighted by atomic mass is 16.5. The van der Waals surface area contributed by atoms with Gasteiger partial charge >= 0.3 is 0 Å². The fourth-order valence-electron chi connectivity index (χ4n) is 1.39. The molecule has 0 bridgehead atoms. The minimum atomic E-state index is 0.0538. The third-order valence-electron chi connectivity index (χ3n) is 2.18. The van der Waals surface area contributed by atoms with E-state index in [4.69, 9.17) is 4.74 Å². The van der Waals surface area contributed by atoms with Crippen LogP contribution >= 0.6 is 0 Å². The van der Waals surface area contributed by atoms with Crippen LogP contribution in [0.15, 0.2) is 4.99 Å². The van der Waals surface area contributed by atoms with Crippen molar-refractivity contribution in [1.29, 1.82) is 0 Å². The van der Waals surface area contributed by atoms with Crippen LogP contribution in [0.3, 0.4) is 0 Å². The Kier molecular flexibility index (Phi) is 5.77. The van der Waals surface area contributed by atoms with E-state index in [9.17, 15) is 4.79 Å². The average molecular weight is 213 g/mol. The lowest BCUT2D eigenvalue weighted by molar-refractivity contribution is -0.121. The third-order valence-corrected chi connectivity index (χ3v) is 2.18. The first-order valence-electron chi connectivity index (χ1n) is 5.36. The summed E-state index contributed by atoms with van der Waals surface area (Å²) in [6.45, 7) is 2.72. The van der Waals surface area contributed by atoms with Gasteiger partial charge in [-0.2, -0.15) is 0 Å². The Balaban J connectivity index is 1.96. The zero-order valence-corrected chi connectivity index (χ0v) is 9.21. The molecule has 5 nitrogen and oxygen atoms in total. The summed E-state index contributed by atoms with van der Waals surface area (Å²) < 4.78 is 4.83. The number of aliphatic imine (C=N–C) groups is 1. The number of rotatable bonds is 6. The third kappa shape index (κ3) is 5.37. The molecule has 1 amide bonds. The molecule has 2 N–H and O–H groups in total. The van der Waals surface area contributed by atoms with Crippen LogP contribution in [0.5, 0.6) is 0 Å². The van der Waals surface area contributed by atoms with Crippen molar-refractivity contribution in [2.45, 2.75) is 19.3 Å². The number of amidine groups is 1. The van der Waals surface area contributed by atoms with Crippen LogP contribution in [0.2, 0.25) is 0 Å². The van der Waals surface area contributed by atoms with Crippen LogP contribution < -0.4 is 10.6 Å². The lowest BCUT2D eigenvalue weighted by Crippen LogP contribution is -2.31. The molecule has 1 aliphatic heterocycles. The van der Waals surface area contributed by atoms with Crippen molar-refractivity contribution >= 4 is 11.7 Å². The van der Waals surface area contributed by atoms with Crippen molar-refractivity contribution in [2.24, 2.45) is 4.99 Å². The van der Waals surface area contributed by atoms with Gasteiger partial charge in [0.15, 0.2) is 0 Å². The monoisotopic (exact) mass is 213 g/mol. The fraction of sp³-hybridized carbons (Fsp3) is 0.800. The molecule has 1 rings (SSSR count). The highest BCUT2D eigenvalue weighted by molar-refractivity contribution is 5.84. The van der Waals surface area contributed by atoms with Gasteiger partial charge in [-0.15, -0.1) is 0 Å². The second kappa shape index (κ2) is 7.23. The van der Waals surface area contributed by atoms with Crippen LogP contribution in [0.1, 0.15) is 19.3 Å². The Morgan fingerprint density at radius 3 is 3.07 bits per heavy atom. The highest BCUT2D eigenvalue weighted by Gasteiger charge is 2.06. The number of amides is 1. The van der Waals surface area contributed by atoms with E-state index >= 15 is 0 Å². The molecule has 0 radical (unpaired) electrons. The van der Waals surface area contributed by atoms with Crippen molar-refractivity contribution < 1.29 is 9.53 Å². The number of hydrogen-bond donors (Lipinski definition) is 2. The summed E-state index contributed by atoms with van der Waals surface area (Å²) in [5.74, 6) is 1.10. The number of carbonyl (C=O) groups excluding carboxylic acids is 1. The standard InChI is InChI=1S/C10H19N3O2/c1-15-8-7-13-10(14)4-6-12-9-3-2-5-11-9/h2-8H2,1H3,(H,11,12)(H,13,14). The minimum absolute atomic E-state index is 0.0538. The van der Waals surface area contributed by atoms with Crippen LogP contribution in [0.25, 0.3) is 0 Å². The summed E-state index contributed by atoms with van der Waals surface area (Å²) in [6.07, 6.45) is 2.64. The number of ether oxygens (including phenoxy) is 1.